The molecule has 0 aliphatic rings. The van der Waals surface area contributed by atoms with Gasteiger partial charge in [-0.3, -0.25) is 0 Å². The lowest BCUT2D eigenvalue weighted by atomic mass is 10.2. The molecule has 0 bridgehead atoms. The lowest BCUT2D eigenvalue weighted by molar-refractivity contribution is 0.597. The average Bonchev–Trinajstić information content (AvgIpc) is 2.48. The maximum absolute atomic E-state index is 11.8. The lowest BCUT2D eigenvalue weighted by Gasteiger charge is -2.19. The molecule has 0 unspecified atom stereocenters. The Morgan fingerprint density at radius 1 is 0.950 bits per heavy atom. The van der Waals surface area contributed by atoms with E-state index in [1.54, 1.807) is 19.1 Å². The zero-order chi connectivity index (χ0) is 14.6. The number of hydrogen-bond acceptors (Lipinski definition) is 3. The van der Waals surface area contributed by atoms with Gasteiger partial charge in [-0.15, -0.1) is 0 Å². The highest BCUT2D eigenvalue weighted by Crippen LogP contribution is 2.19. The van der Waals surface area contributed by atoms with Gasteiger partial charge < -0.3 is 4.90 Å². The van der Waals surface area contributed by atoms with Crippen LogP contribution in [0.2, 0.25) is 0 Å². The highest BCUT2D eigenvalue weighted by Gasteiger charge is 2.11. The summed E-state index contributed by atoms with van der Waals surface area (Å²) < 4.78 is 23.5. The lowest BCUT2D eigenvalue weighted by Crippen LogP contribution is -2.16. The van der Waals surface area contributed by atoms with E-state index >= 15 is 0 Å². The number of sulfone groups is 1. The van der Waals surface area contributed by atoms with Gasteiger partial charge in [-0.05, 0) is 29.8 Å². The first-order chi connectivity index (χ1) is 9.53. The van der Waals surface area contributed by atoms with Crippen molar-refractivity contribution in [2.75, 3.05) is 17.7 Å². The predicted octanol–water partition coefficient (Wildman–Crippen LogP) is 3.12. The van der Waals surface area contributed by atoms with Crippen LogP contribution in [0, 0.1) is 0 Å². The van der Waals surface area contributed by atoms with Gasteiger partial charge in [0.05, 0.1) is 10.6 Å². The van der Waals surface area contributed by atoms with E-state index in [1.165, 1.54) is 5.56 Å². The quantitative estimate of drug-likeness (QED) is 0.848. The second-order valence-electron chi connectivity index (χ2n) is 4.74. The molecular weight excluding hydrogens is 270 g/mol. The van der Waals surface area contributed by atoms with Crippen molar-refractivity contribution in [3.8, 4) is 0 Å². The molecule has 0 fully saturated rings. The van der Waals surface area contributed by atoms with Crippen molar-refractivity contribution in [2.45, 2.75) is 18.4 Å². The van der Waals surface area contributed by atoms with Crippen LogP contribution >= 0.6 is 0 Å². The third kappa shape index (κ3) is 3.39. The number of hydrogen-bond donors (Lipinski definition) is 0. The fraction of sp³-hybridized carbons (Fsp3) is 0.250. The summed E-state index contributed by atoms with van der Waals surface area (Å²) >= 11 is 0. The normalized spacial score (nSPS) is 11.3. The van der Waals surface area contributed by atoms with Crippen molar-refractivity contribution in [2.24, 2.45) is 0 Å². The van der Waals surface area contributed by atoms with Gasteiger partial charge >= 0.3 is 0 Å². The van der Waals surface area contributed by atoms with E-state index in [9.17, 15) is 8.42 Å². The molecule has 2 rings (SSSR count). The maximum atomic E-state index is 11.8. The molecule has 20 heavy (non-hydrogen) atoms. The molecule has 2 aromatic rings. The maximum Gasteiger partial charge on any atom is 0.178 e. The van der Waals surface area contributed by atoms with Crippen LogP contribution in [0.1, 0.15) is 12.5 Å². The number of anilines is 1. The number of nitrogens with zero attached hydrogens (tertiary/aromatic N) is 1. The van der Waals surface area contributed by atoms with Crippen LogP contribution in [0.4, 0.5) is 5.69 Å². The number of benzene rings is 2. The van der Waals surface area contributed by atoms with Gasteiger partial charge in [0.1, 0.15) is 0 Å². The molecule has 106 valence electrons. The SMILES string of the molecule is CCS(=O)(=O)c1ccc(N(C)Cc2ccccc2)cc1. The minimum absolute atomic E-state index is 0.131. The standard InChI is InChI=1S/C16H19NO2S/c1-3-20(18,19)16-11-9-15(10-12-16)17(2)13-14-7-5-4-6-8-14/h4-12H,3,13H2,1-2H3. The Balaban J connectivity index is 2.14. The molecular formula is C16H19NO2S. The van der Waals surface area contributed by atoms with Crippen LogP contribution in [0.5, 0.6) is 0 Å². The highest BCUT2D eigenvalue weighted by atomic mass is 32.2. The van der Waals surface area contributed by atoms with Gasteiger partial charge in [-0.2, -0.15) is 0 Å². The second kappa shape index (κ2) is 6.09. The van der Waals surface area contributed by atoms with Gasteiger partial charge in [0.25, 0.3) is 0 Å². The molecule has 0 aliphatic heterocycles. The van der Waals surface area contributed by atoms with Gasteiger partial charge in [0, 0.05) is 19.3 Å². The summed E-state index contributed by atoms with van der Waals surface area (Å²) in [6.07, 6.45) is 0. The molecule has 0 N–H and O–H groups in total. The third-order valence-corrected chi connectivity index (χ3v) is 5.03. The van der Waals surface area contributed by atoms with E-state index in [2.05, 4.69) is 17.0 Å². The zero-order valence-electron chi connectivity index (χ0n) is 11.8. The van der Waals surface area contributed by atoms with Crippen molar-refractivity contribution in [3.05, 3.63) is 60.2 Å². The minimum atomic E-state index is -3.12. The molecule has 0 aliphatic carbocycles. The Morgan fingerprint density at radius 2 is 1.55 bits per heavy atom. The van der Waals surface area contributed by atoms with Crippen molar-refractivity contribution < 1.29 is 8.42 Å². The summed E-state index contributed by atoms with van der Waals surface area (Å²) in [7, 11) is -1.12. The summed E-state index contributed by atoms with van der Waals surface area (Å²) in [6, 6.07) is 17.2. The van der Waals surface area contributed by atoms with Crippen LogP contribution in [0.15, 0.2) is 59.5 Å². The van der Waals surface area contributed by atoms with Crippen LogP contribution in [0.3, 0.4) is 0 Å². The molecule has 2 aromatic carbocycles. The fourth-order valence-corrected chi connectivity index (χ4v) is 2.91. The van der Waals surface area contributed by atoms with Gasteiger partial charge in [0.15, 0.2) is 9.84 Å². The smallest absolute Gasteiger partial charge is 0.178 e. The van der Waals surface area contributed by atoms with Crippen LogP contribution in [-0.4, -0.2) is 21.2 Å². The molecule has 0 spiro atoms. The Morgan fingerprint density at radius 3 is 2.10 bits per heavy atom. The Bertz CT molecular complexity index is 649. The van der Waals surface area contributed by atoms with Gasteiger partial charge in [0.2, 0.25) is 0 Å². The summed E-state index contributed by atoms with van der Waals surface area (Å²) in [4.78, 5) is 2.48. The van der Waals surface area contributed by atoms with Crippen molar-refractivity contribution in [1.82, 2.24) is 0 Å². The largest absolute Gasteiger partial charge is 0.370 e. The Kier molecular flexibility index (Phi) is 4.45. The second-order valence-corrected chi connectivity index (χ2v) is 7.02. The van der Waals surface area contributed by atoms with E-state index in [0.717, 1.165) is 12.2 Å². The van der Waals surface area contributed by atoms with Gasteiger partial charge in [-0.25, -0.2) is 8.42 Å². The first-order valence-electron chi connectivity index (χ1n) is 6.61. The minimum Gasteiger partial charge on any atom is -0.370 e. The summed E-state index contributed by atoms with van der Waals surface area (Å²) in [6.45, 7) is 2.45. The molecule has 0 heterocycles. The van der Waals surface area contributed by atoms with Crippen molar-refractivity contribution in [1.29, 1.82) is 0 Å². The molecule has 0 saturated carbocycles. The van der Waals surface area contributed by atoms with Crippen molar-refractivity contribution >= 4 is 15.5 Å². The van der Waals surface area contributed by atoms with E-state index in [-0.39, 0.29) is 5.75 Å². The molecule has 0 saturated heterocycles. The first-order valence-corrected chi connectivity index (χ1v) is 8.26. The highest BCUT2D eigenvalue weighted by molar-refractivity contribution is 7.91. The first kappa shape index (κ1) is 14.6. The predicted molar refractivity (Wildman–Crippen MR) is 82.7 cm³/mol. The van der Waals surface area contributed by atoms with Crippen LogP contribution in [-0.2, 0) is 16.4 Å². The molecule has 0 atom stereocenters. The Labute approximate surface area is 120 Å². The summed E-state index contributed by atoms with van der Waals surface area (Å²) in [5.41, 5.74) is 2.23. The molecule has 4 heteroatoms. The van der Waals surface area contributed by atoms with E-state index in [1.807, 2.05) is 37.4 Å². The van der Waals surface area contributed by atoms with Crippen LogP contribution in [0.25, 0.3) is 0 Å². The van der Waals surface area contributed by atoms with Crippen LogP contribution < -0.4 is 4.90 Å². The topological polar surface area (TPSA) is 37.4 Å². The fourth-order valence-electron chi connectivity index (χ4n) is 2.02. The van der Waals surface area contributed by atoms with E-state index in [0.29, 0.717) is 4.90 Å². The van der Waals surface area contributed by atoms with E-state index < -0.39 is 9.84 Å². The molecule has 0 radical (unpaired) electrons. The summed E-state index contributed by atoms with van der Waals surface area (Å²) in [5.74, 6) is 0.131. The average molecular weight is 289 g/mol. The van der Waals surface area contributed by atoms with E-state index in [4.69, 9.17) is 0 Å². The zero-order valence-corrected chi connectivity index (χ0v) is 12.6. The molecule has 0 amide bonds. The monoisotopic (exact) mass is 289 g/mol. The van der Waals surface area contributed by atoms with Crippen molar-refractivity contribution in [3.63, 3.8) is 0 Å². The molecule has 0 aromatic heterocycles. The third-order valence-electron chi connectivity index (χ3n) is 3.28. The number of rotatable bonds is 5. The van der Waals surface area contributed by atoms with Gasteiger partial charge in [-0.1, -0.05) is 37.3 Å². The Hall–Kier alpha value is -1.81. The molecule has 3 nitrogen and oxygen atoms in total. The summed E-state index contributed by atoms with van der Waals surface area (Å²) in [5, 5.41) is 0.